The SMILES string of the molecule is CCCCCCn1c2ccc(C3=[O+][B-](F)(F)OC(CCC)=C3)cc2c2cc(C3=[O+][B-](F)(F)OC(CCC)=C3)ccc21. The first-order valence-electron chi connectivity index (χ1n) is 14.6. The van der Waals surface area contributed by atoms with Gasteiger partial charge < -0.3 is 39.8 Å². The fraction of sp³-hybridized carbons (Fsp3) is 0.400. The first-order valence-corrected chi connectivity index (χ1v) is 14.6. The highest BCUT2D eigenvalue weighted by atomic mass is 19.3. The molecule has 0 aliphatic carbocycles. The van der Waals surface area contributed by atoms with Crippen LogP contribution in [-0.4, -0.2) is 30.3 Å². The van der Waals surface area contributed by atoms with Gasteiger partial charge in [0.05, 0.1) is 34.8 Å². The number of hydrogen-bond acceptors (Lipinski definition) is 2. The maximum atomic E-state index is 14.4. The third-order valence-electron chi connectivity index (χ3n) is 7.35. The molecule has 2 aromatic carbocycles. The minimum Gasteiger partial charge on any atom is -0.572 e. The van der Waals surface area contributed by atoms with E-state index in [2.05, 4.69) is 11.5 Å². The van der Waals surface area contributed by atoms with Gasteiger partial charge in [0.1, 0.15) is 0 Å². The quantitative estimate of drug-likeness (QED) is 0.0999. The summed E-state index contributed by atoms with van der Waals surface area (Å²) in [5.41, 5.74) is 2.83. The summed E-state index contributed by atoms with van der Waals surface area (Å²) in [6.07, 6.45) is 9.39. The number of carbonyl (C=O) groups excluding carboxylic acids is 2. The van der Waals surface area contributed by atoms with Gasteiger partial charge in [-0.25, -0.2) is 0 Å². The number of rotatable bonds is 11. The molecule has 218 valence electrons. The van der Waals surface area contributed by atoms with Crippen LogP contribution in [0.5, 0.6) is 0 Å². The molecule has 0 N–H and O–H groups in total. The van der Waals surface area contributed by atoms with E-state index in [1.54, 1.807) is 12.1 Å². The van der Waals surface area contributed by atoms with Crippen molar-refractivity contribution in [3.8, 4) is 0 Å². The summed E-state index contributed by atoms with van der Waals surface area (Å²) >= 11 is 0. The number of halogens is 4. The molecule has 11 heteroatoms. The van der Waals surface area contributed by atoms with Gasteiger partial charge in [-0.3, -0.25) is 0 Å². The Balaban J connectivity index is 1.65. The highest BCUT2D eigenvalue weighted by Gasteiger charge is 2.53. The van der Waals surface area contributed by atoms with Crippen molar-refractivity contribution in [2.24, 2.45) is 0 Å². The topological polar surface area (TPSA) is 46.0 Å². The van der Waals surface area contributed by atoms with Crippen LogP contribution in [0.2, 0.25) is 0 Å². The Labute approximate surface area is 237 Å². The lowest BCUT2D eigenvalue weighted by atomic mass is 10.0. The maximum absolute atomic E-state index is 14.4. The van der Waals surface area contributed by atoms with E-state index in [0.29, 0.717) is 36.8 Å². The average Bonchev–Trinajstić information content (AvgIpc) is 3.22. The Morgan fingerprint density at radius 3 is 1.59 bits per heavy atom. The smallest absolute Gasteiger partial charge is 0.572 e. The molecule has 0 atom stereocenters. The molecule has 1 aromatic heterocycles. The van der Waals surface area contributed by atoms with Gasteiger partial charge in [0, 0.05) is 41.2 Å². The van der Waals surface area contributed by atoms with Gasteiger partial charge in [0.15, 0.2) is 0 Å². The minimum atomic E-state index is -4.48. The fourth-order valence-electron chi connectivity index (χ4n) is 5.53. The summed E-state index contributed by atoms with van der Waals surface area (Å²) in [4.78, 5) is 0. The van der Waals surface area contributed by atoms with Crippen molar-refractivity contribution in [1.82, 2.24) is 4.57 Å². The molecular formula is C30H35B2F4NO4. The highest BCUT2D eigenvalue weighted by molar-refractivity contribution is 6.52. The summed E-state index contributed by atoms with van der Waals surface area (Å²) < 4.78 is 79.1. The Hall–Kier alpha value is -3.49. The molecule has 3 heterocycles. The van der Waals surface area contributed by atoms with Crippen molar-refractivity contribution in [2.75, 3.05) is 0 Å². The van der Waals surface area contributed by atoms with Crippen LogP contribution in [0.25, 0.3) is 21.8 Å². The lowest BCUT2D eigenvalue weighted by Gasteiger charge is -2.19. The molecule has 0 radical (unpaired) electrons. The number of fused-ring (bicyclic) bond motifs is 3. The summed E-state index contributed by atoms with van der Waals surface area (Å²) in [6.45, 7) is 6.71. The molecule has 5 rings (SSSR count). The van der Waals surface area contributed by atoms with Crippen LogP contribution in [0.3, 0.4) is 0 Å². The summed E-state index contributed by atoms with van der Waals surface area (Å²) in [5.74, 6) is 0.460. The van der Waals surface area contributed by atoms with E-state index in [1.165, 1.54) is 12.2 Å². The summed E-state index contributed by atoms with van der Waals surface area (Å²) in [6, 6.07) is 11.0. The largest absolute Gasteiger partial charge is 0.994 e. The lowest BCUT2D eigenvalue weighted by Crippen LogP contribution is -2.31. The van der Waals surface area contributed by atoms with Crippen LogP contribution in [0.4, 0.5) is 17.3 Å². The Morgan fingerprint density at radius 1 is 0.659 bits per heavy atom. The van der Waals surface area contributed by atoms with Crippen LogP contribution in [0.15, 0.2) is 60.1 Å². The zero-order valence-electron chi connectivity index (χ0n) is 23.7. The maximum Gasteiger partial charge on any atom is 0.994 e. The predicted molar refractivity (Wildman–Crippen MR) is 156 cm³/mol. The van der Waals surface area contributed by atoms with Gasteiger partial charge in [-0.05, 0) is 55.7 Å². The van der Waals surface area contributed by atoms with Gasteiger partial charge in [0.2, 0.25) is 0 Å². The van der Waals surface area contributed by atoms with Gasteiger partial charge in [-0.1, -0.05) is 40.0 Å². The van der Waals surface area contributed by atoms with Gasteiger partial charge in [0.25, 0.3) is 11.6 Å². The van der Waals surface area contributed by atoms with E-state index >= 15 is 0 Å². The van der Waals surface area contributed by atoms with Crippen molar-refractivity contribution in [2.45, 2.75) is 78.7 Å². The van der Waals surface area contributed by atoms with Crippen molar-refractivity contribution in [1.29, 1.82) is 0 Å². The summed E-state index contributed by atoms with van der Waals surface area (Å²) in [7, 11) is -8.96. The van der Waals surface area contributed by atoms with Crippen LogP contribution in [0, 0.1) is 0 Å². The predicted octanol–water partition coefficient (Wildman–Crippen LogP) is 8.99. The first-order chi connectivity index (χ1) is 19.6. The van der Waals surface area contributed by atoms with E-state index in [9.17, 15) is 17.3 Å². The molecule has 0 fully saturated rings. The van der Waals surface area contributed by atoms with Gasteiger partial charge in [-0.15, -0.1) is 0 Å². The number of benzene rings is 2. The molecule has 0 saturated carbocycles. The van der Waals surface area contributed by atoms with Crippen LogP contribution < -0.4 is 0 Å². The average molecular weight is 571 g/mol. The number of aryl methyl sites for hydroxylation is 1. The summed E-state index contributed by atoms with van der Waals surface area (Å²) in [5, 5.41) is 1.61. The number of aromatic nitrogens is 1. The van der Waals surface area contributed by atoms with Crippen molar-refractivity contribution in [3.05, 3.63) is 71.2 Å². The van der Waals surface area contributed by atoms with Crippen molar-refractivity contribution >= 4 is 47.6 Å². The van der Waals surface area contributed by atoms with E-state index in [0.717, 1.165) is 54.0 Å². The fourth-order valence-corrected chi connectivity index (χ4v) is 5.53. The number of nitrogens with zero attached hydrogens (tertiary/aromatic N) is 1. The second-order valence-electron chi connectivity index (χ2n) is 10.7. The standard InChI is InChI=1S/C30H35B2F4NO4/c1-4-7-8-9-16-37-27-14-12-21(29-19-23(10-5-2)38-31(33,34)40-29)17-25(27)26-18-22(13-15-28(26)37)30-20-24(11-6-3)39-32(35,36)41-30/h12-15,17-20H,4-11,16H2,1-3H3. The molecule has 2 aliphatic heterocycles. The third-order valence-corrected chi connectivity index (χ3v) is 7.35. The molecule has 0 unspecified atom stereocenters. The molecule has 0 saturated heterocycles. The highest BCUT2D eigenvalue weighted by Crippen LogP contribution is 2.34. The number of ketones is 2. The first kappa shape index (κ1) is 29.0. The molecule has 0 bridgehead atoms. The molecular weight excluding hydrogens is 536 g/mol. The van der Waals surface area contributed by atoms with Crippen molar-refractivity contribution < 1.29 is 35.3 Å². The van der Waals surface area contributed by atoms with Crippen LogP contribution >= 0.6 is 0 Å². The monoisotopic (exact) mass is 571 g/mol. The molecule has 0 amide bonds. The van der Waals surface area contributed by atoms with Crippen LogP contribution in [0.1, 0.15) is 91.9 Å². The van der Waals surface area contributed by atoms with E-state index in [4.69, 9.17) is 18.0 Å². The van der Waals surface area contributed by atoms with Gasteiger partial charge >= 0.3 is 14.2 Å². The molecule has 41 heavy (non-hydrogen) atoms. The zero-order valence-corrected chi connectivity index (χ0v) is 23.7. The number of hydrogen-bond donors (Lipinski definition) is 0. The number of allylic oxidation sites excluding steroid dienone is 4. The Morgan fingerprint density at radius 2 is 1.15 bits per heavy atom. The normalized spacial score (nSPS) is 17.9. The molecule has 2 aliphatic rings. The molecule has 3 aromatic rings. The van der Waals surface area contributed by atoms with E-state index < -0.39 is 14.2 Å². The van der Waals surface area contributed by atoms with Gasteiger partial charge in [-0.2, -0.15) is 0 Å². The lowest BCUT2D eigenvalue weighted by molar-refractivity contribution is -0.191. The van der Waals surface area contributed by atoms with Crippen LogP contribution in [-0.2, 0) is 15.9 Å². The Bertz CT molecular complexity index is 1470. The zero-order chi connectivity index (χ0) is 29.2. The Kier molecular flexibility index (Phi) is 8.34. The van der Waals surface area contributed by atoms with E-state index in [-0.39, 0.29) is 23.1 Å². The minimum absolute atomic E-state index is 0.0446. The number of unbranched alkanes of at least 4 members (excludes halogenated alkanes) is 3. The van der Waals surface area contributed by atoms with Crippen molar-refractivity contribution in [3.63, 3.8) is 0 Å². The van der Waals surface area contributed by atoms with E-state index in [1.807, 2.05) is 38.1 Å². The molecule has 0 spiro atoms. The third kappa shape index (κ3) is 6.39. The second-order valence-corrected chi connectivity index (χ2v) is 10.7. The molecule has 5 nitrogen and oxygen atoms in total. The second kappa shape index (κ2) is 11.8.